The van der Waals surface area contributed by atoms with Gasteiger partial charge in [-0.2, -0.15) is 5.10 Å². The van der Waals surface area contributed by atoms with E-state index in [1.54, 1.807) is 7.11 Å². The molecule has 0 radical (unpaired) electrons. The summed E-state index contributed by atoms with van der Waals surface area (Å²) in [7, 11) is 1.64. The number of hydrogen-bond donors (Lipinski definition) is 1. The molecule has 5 nitrogen and oxygen atoms in total. The maximum Gasteiger partial charge on any atom is 0.118 e. The number of ether oxygens (including phenoxy) is 1. The number of aromatic nitrogens is 2. The lowest BCUT2D eigenvalue weighted by molar-refractivity contribution is 0.0393. The molecule has 1 aromatic heterocycles. The molecule has 1 aromatic carbocycles. The molecule has 22 heavy (non-hydrogen) atoms. The van der Waals surface area contributed by atoms with Crippen molar-refractivity contribution in [1.29, 1.82) is 0 Å². The van der Waals surface area contributed by atoms with Crippen LogP contribution in [0.4, 0.5) is 0 Å². The van der Waals surface area contributed by atoms with Gasteiger partial charge in [-0.15, -0.1) is 0 Å². The van der Waals surface area contributed by atoms with Gasteiger partial charge in [0.05, 0.1) is 24.9 Å². The summed E-state index contributed by atoms with van der Waals surface area (Å²) in [4.78, 5) is 2.26. The summed E-state index contributed by atoms with van der Waals surface area (Å²) in [5.74, 6) is 0.810. The van der Waals surface area contributed by atoms with Crippen molar-refractivity contribution in [2.45, 2.75) is 26.0 Å². The van der Waals surface area contributed by atoms with Gasteiger partial charge in [0.15, 0.2) is 0 Å². The van der Waals surface area contributed by atoms with Crippen molar-refractivity contribution in [3.63, 3.8) is 0 Å². The topological polar surface area (TPSA) is 50.5 Å². The number of aliphatic hydroxyl groups is 1. The second-order valence-electron chi connectivity index (χ2n) is 6.03. The summed E-state index contributed by atoms with van der Waals surface area (Å²) < 4.78 is 7.24. The van der Waals surface area contributed by atoms with E-state index in [2.05, 4.69) is 27.7 Å². The summed E-state index contributed by atoms with van der Waals surface area (Å²) in [6.07, 6.45) is -0.465. The first-order valence-electron chi connectivity index (χ1n) is 7.64. The highest BCUT2D eigenvalue weighted by Crippen LogP contribution is 2.26. The number of benzene rings is 1. The minimum absolute atomic E-state index is 0.428. The van der Waals surface area contributed by atoms with Gasteiger partial charge in [0.25, 0.3) is 0 Å². The molecule has 2 heterocycles. The summed E-state index contributed by atoms with van der Waals surface area (Å²) in [5, 5.41) is 14.9. The van der Waals surface area contributed by atoms with Crippen LogP contribution in [0.2, 0.25) is 0 Å². The number of aliphatic hydroxyl groups excluding tert-OH is 1. The Morgan fingerprint density at radius 1 is 1.27 bits per heavy atom. The van der Waals surface area contributed by atoms with Crippen LogP contribution in [0.25, 0.3) is 0 Å². The van der Waals surface area contributed by atoms with Crippen LogP contribution in [0.3, 0.4) is 0 Å². The molecule has 0 spiro atoms. The SMILES string of the molecule is COc1ccc([C@@H](O)CN2CC(n3nc(C)cc3C)C2)cc1. The smallest absolute Gasteiger partial charge is 0.118 e. The number of methoxy groups -OCH3 is 1. The molecule has 1 atom stereocenters. The summed E-state index contributed by atoms with van der Waals surface area (Å²) >= 11 is 0. The normalized spacial score (nSPS) is 17.3. The van der Waals surface area contributed by atoms with E-state index < -0.39 is 6.10 Å². The molecule has 2 aromatic rings. The Morgan fingerprint density at radius 3 is 2.50 bits per heavy atom. The average molecular weight is 301 g/mol. The van der Waals surface area contributed by atoms with E-state index in [-0.39, 0.29) is 0 Å². The van der Waals surface area contributed by atoms with Crippen LogP contribution in [0.5, 0.6) is 5.75 Å². The summed E-state index contributed by atoms with van der Waals surface area (Å²) in [5.41, 5.74) is 3.20. The van der Waals surface area contributed by atoms with Gasteiger partial charge in [-0.25, -0.2) is 0 Å². The summed E-state index contributed by atoms with van der Waals surface area (Å²) in [6, 6.07) is 10.1. The average Bonchev–Trinajstić information content (AvgIpc) is 2.80. The van der Waals surface area contributed by atoms with Crippen LogP contribution in [0.1, 0.15) is 29.1 Å². The number of rotatable bonds is 5. The number of hydrogen-bond acceptors (Lipinski definition) is 4. The molecular formula is C17H23N3O2. The standard InChI is InChI=1S/C17H23N3O2/c1-12-8-13(2)20(18-12)15-9-19(10-15)11-17(21)14-4-6-16(22-3)7-5-14/h4-8,15,17,21H,9-11H2,1-3H3/t17-/m0/s1. The van der Waals surface area contributed by atoms with Crippen LogP contribution in [0, 0.1) is 13.8 Å². The third-order valence-electron chi connectivity index (χ3n) is 4.26. The van der Waals surface area contributed by atoms with Crippen LogP contribution < -0.4 is 4.74 Å². The van der Waals surface area contributed by atoms with Gasteiger partial charge in [-0.1, -0.05) is 12.1 Å². The predicted octanol–water partition coefficient (Wildman–Crippen LogP) is 2.10. The van der Waals surface area contributed by atoms with Crippen LogP contribution in [-0.2, 0) is 0 Å². The molecule has 0 saturated carbocycles. The van der Waals surface area contributed by atoms with Crippen molar-refractivity contribution in [2.24, 2.45) is 0 Å². The Kier molecular flexibility index (Phi) is 4.18. The third kappa shape index (κ3) is 3.00. The van der Waals surface area contributed by atoms with E-state index in [4.69, 9.17) is 4.74 Å². The second-order valence-corrected chi connectivity index (χ2v) is 6.03. The fourth-order valence-electron chi connectivity index (χ4n) is 3.04. The van der Waals surface area contributed by atoms with E-state index in [9.17, 15) is 5.11 Å². The van der Waals surface area contributed by atoms with E-state index in [1.165, 1.54) is 5.69 Å². The highest BCUT2D eigenvalue weighted by molar-refractivity contribution is 5.28. The Balaban J connectivity index is 1.54. The van der Waals surface area contributed by atoms with Crippen LogP contribution >= 0.6 is 0 Å². The Labute approximate surface area is 131 Å². The number of nitrogens with zero attached hydrogens (tertiary/aromatic N) is 3. The molecule has 1 aliphatic heterocycles. The Bertz CT molecular complexity index is 630. The van der Waals surface area contributed by atoms with E-state index in [0.717, 1.165) is 30.1 Å². The van der Waals surface area contributed by atoms with Gasteiger partial charge in [0.2, 0.25) is 0 Å². The van der Waals surface area contributed by atoms with Crippen LogP contribution in [-0.4, -0.2) is 46.5 Å². The molecule has 1 aliphatic rings. The minimum atomic E-state index is -0.465. The zero-order chi connectivity index (χ0) is 15.7. The second kappa shape index (κ2) is 6.10. The molecule has 0 unspecified atom stereocenters. The third-order valence-corrected chi connectivity index (χ3v) is 4.26. The molecule has 1 fully saturated rings. The number of likely N-dealkylation sites (tertiary alicyclic amines) is 1. The van der Waals surface area contributed by atoms with Crippen molar-refractivity contribution < 1.29 is 9.84 Å². The van der Waals surface area contributed by atoms with Gasteiger partial charge < -0.3 is 9.84 Å². The van der Waals surface area contributed by atoms with E-state index in [1.807, 2.05) is 31.2 Å². The highest BCUT2D eigenvalue weighted by Gasteiger charge is 2.31. The molecule has 118 valence electrons. The molecular weight excluding hydrogens is 278 g/mol. The quantitative estimate of drug-likeness (QED) is 0.919. The molecule has 3 rings (SSSR count). The van der Waals surface area contributed by atoms with E-state index >= 15 is 0 Å². The highest BCUT2D eigenvalue weighted by atomic mass is 16.5. The van der Waals surface area contributed by atoms with Crippen molar-refractivity contribution >= 4 is 0 Å². The largest absolute Gasteiger partial charge is 0.497 e. The maximum atomic E-state index is 10.3. The monoisotopic (exact) mass is 301 g/mol. The first-order chi connectivity index (χ1) is 10.6. The lowest BCUT2D eigenvalue weighted by atomic mass is 10.0. The molecule has 0 aliphatic carbocycles. The van der Waals surface area contributed by atoms with Crippen molar-refractivity contribution in [3.8, 4) is 5.75 Å². The van der Waals surface area contributed by atoms with Gasteiger partial charge in [0.1, 0.15) is 5.75 Å². The number of β-amino-alcohol motifs (C(OH)–C–C–N with tert-alkyl or cyclic N) is 1. The lowest BCUT2D eigenvalue weighted by Crippen LogP contribution is -2.49. The zero-order valence-corrected chi connectivity index (χ0v) is 13.4. The molecule has 5 heteroatoms. The first kappa shape index (κ1) is 15.1. The predicted molar refractivity (Wildman–Crippen MR) is 85.1 cm³/mol. The van der Waals surface area contributed by atoms with Gasteiger partial charge in [0, 0.05) is 25.3 Å². The Hall–Kier alpha value is -1.85. The van der Waals surface area contributed by atoms with Crippen LogP contribution in [0.15, 0.2) is 30.3 Å². The lowest BCUT2D eigenvalue weighted by Gasteiger charge is -2.40. The molecule has 0 bridgehead atoms. The van der Waals surface area contributed by atoms with Gasteiger partial charge in [-0.3, -0.25) is 9.58 Å². The molecule has 1 N–H and O–H groups in total. The fraction of sp³-hybridized carbons (Fsp3) is 0.471. The fourth-order valence-corrected chi connectivity index (χ4v) is 3.04. The Morgan fingerprint density at radius 2 is 1.95 bits per heavy atom. The molecule has 1 saturated heterocycles. The molecule has 0 amide bonds. The van der Waals surface area contributed by atoms with Crippen molar-refractivity contribution in [1.82, 2.24) is 14.7 Å². The zero-order valence-electron chi connectivity index (χ0n) is 13.4. The maximum absolute atomic E-state index is 10.3. The van der Waals surface area contributed by atoms with Crippen molar-refractivity contribution in [2.75, 3.05) is 26.7 Å². The van der Waals surface area contributed by atoms with Crippen molar-refractivity contribution in [3.05, 3.63) is 47.3 Å². The van der Waals surface area contributed by atoms with Gasteiger partial charge in [-0.05, 0) is 37.6 Å². The summed E-state index contributed by atoms with van der Waals surface area (Å²) in [6.45, 7) is 6.65. The number of aryl methyl sites for hydroxylation is 2. The first-order valence-corrected chi connectivity index (χ1v) is 7.64. The van der Waals surface area contributed by atoms with E-state index in [0.29, 0.717) is 12.6 Å². The minimum Gasteiger partial charge on any atom is -0.497 e. The van der Waals surface area contributed by atoms with Gasteiger partial charge >= 0.3 is 0 Å².